The molecule has 10 heteroatoms. The van der Waals surface area contributed by atoms with Crippen LogP contribution >= 0.6 is 0 Å². The van der Waals surface area contributed by atoms with Crippen molar-refractivity contribution in [2.24, 2.45) is 29.6 Å². The summed E-state index contributed by atoms with van der Waals surface area (Å²) in [5, 5.41) is 0. The number of aromatic nitrogens is 1. The number of esters is 1. The molecule has 0 bridgehead atoms. The number of allylic oxidation sites excluding steroid dienone is 1. The van der Waals surface area contributed by atoms with Crippen molar-refractivity contribution in [1.29, 1.82) is 0 Å². The van der Waals surface area contributed by atoms with Gasteiger partial charge in [0.25, 0.3) is 0 Å². The Kier molecular flexibility index (Phi) is 7.15. The molecule has 3 heterocycles. The van der Waals surface area contributed by atoms with E-state index in [9.17, 15) is 26.4 Å². The fourth-order valence-electron chi connectivity index (χ4n) is 6.52. The Hall–Kier alpha value is -2.72. The molecular formula is C28H31F3N2O4S. The van der Waals surface area contributed by atoms with Gasteiger partial charge in [-0.2, -0.15) is 13.2 Å². The molecule has 5 rings (SSSR count). The average molecular weight is 549 g/mol. The van der Waals surface area contributed by atoms with Gasteiger partial charge in [-0.1, -0.05) is 24.3 Å². The first-order valence-electron chi connectivity index (χ1n) is 13.0. The summed E-state index contributed by atoms with van der Waals surface area (Å²) in [6, 6.07) is 8.66. The predicted octanol–water partition coefficient (Wildman–Crippen LogP) is 5.27. The molecule has 6 unspecified atom stereocenters. The molecule has 1 aromatic carbocycles. The lowest BCUT2D eigenvalue weighted by atomic mass is 9.59. The first kappa shape index (κ1) is 26.9. The van der Waals surface area contributed by atoms with E-state index < -0.39 is 21.8 Å². The van der Waals surface area contributed by atoms with Crippen molar-refractivity contribution in [2.45, 2.75) is 39.0 Å². The lowest BCUT2D eigenvalue weighted by molar-refractivity contribution is -0.144. The number of alkyl halides is 3. The summed E-state index contributed by atoms with van der Waals surface area (Å²) < 4.78 is 71.5. The molecule has 1 saturated carbocycles. The van der Waals surface area contributed by atoms with E-state index in [1.54, 1.807) is 35.6 Å². The third-order valence-electron chi connectivity index (χ3n) is 8.42. The molecule has 0 radical (unpaired) electrons. The first-order valence-corrected chi connectivity index (χ1v) is 14.6. The van der Waals surface area contributed by atoms with Gasteiger partial charge in [-0.25, -0.2) is 12.7 Å². The molecule has 1 aliphatic carbocycles. The molecule has 2 aromatic rings. The molecule has 38 heavy (non-hydrogen) atoms. The lowest BCUT2D eigenvalue weighted by Gasteiger charge is -2.48. The molecule has 1 aromatic heterocycles. The molecular weight excluding hydrogens is 517 g/mol. The maximum absolute atomic E-state index is 13.1. The van der Waals surface area contributed by atoms with Gasteiger partial charge in [0.15, 0.2) is 0 Å². The van der Waals surface area contributed by atoms with Crippen LogP contribution in [0, 0.1) is 29.6 Å². The number of hydrogen-bond donors (Lipinski definition) is 0. The number of carbonyl (C=O) groups excluding carboxylic acids is 1. The van der Waals surface area contributed by atoms with Crippen LogP contribution < -0.4 is 0 Å². The molecule has 2 saturated heterocycles. The van der Waals surface area contributed by atoms with Crippen molar-refractivity contribution in [2.75, 3.05) is 18.8 Å². The molecule has 0 N–H and O–H groups in total. The van der Waals surface area contributed by atoms with Crippen molar-refractivity contribution in [3.05, 3.63) is 59.9 Å². The summed E-state index contributed by atoms with van der Waals surface area (Å²) in [6.45, 7) is 4.44. The number of benzene rings is 1. The number of rotatable bonds is 5. The van der Waals surface area contributed by atoms with E-state index in [-0.39, 0.29) is 47.4 Å². The second-order valence-corrected chi connectivity index (χ2v) is 12.8. The van der Waals surface area contributed by atoms with E-state index in [2.05, 4.69) is 11.1 Å². The minimum Gasteiger partial charge on any atom is -0.462 e. The first-order chi connectivity index (χ1) is 18.0. The predicted molar refractivity (Wildman–Crippen MR) is 137 cm³/mol. The van der Waals surface area contributed by atoms with Gasteiger partial charge in [0.05, 0.1) is 22.9 Å². The fraction of sp³-hybridized carbons (Fsp3) is 0.500. The standard InChI is InChI=1S/C28H31F3N2O4S/c1-3-38(35,36)33-12-11-23-20(16-33)14-25-26(17(2)37-27(25)34)24(23)10-9-22-8-7-19(15-32-22)18-5-4-6-21(13-18)28(29,30)31/h4-10,13,15,17,20,23-26H,3,11-12,14,16H2,1-2H3/b10-9+. The zero-order valence-corrected chi connectivity index (χ0v) is 22.1. The van der Waals surface area contributed by atoms with Crippen molar-refractivity contribution >= 4 is 22.1 Å². The number of piperidine rings is 1. The summed E-state index contributed by atoms with van der Waals surface area (Å²) in [7, 11) is -3.30. The molecule has 6 atom stereocenters. The van der Waals surface area contributed by atoms with E-state index in [0.717, 1.165) is 12.1 Å². The van der Waals surface area contributed by atoms with E-state index >= 15 is 0 Å². The van der Waals surface area contributed by atoms with Gasteiger partial charge in [0.1, 0.15) is 6.10 Å². The van der Waals surface area contributed by atoms with E-state index in [1.165, 1.54) is 6.07 Å². The lowest BCUT2D eigenvalue weighted by Crippen LogP contribution is -2.51. The monoisotopic (exact) mass is 548 g/mol. The zero-order valence-electron chi connectivity index (χ0n) is 21.3. The number of fused-ring (bicyclic) bond motifs is 2. The van der Waals surface area contributed by atoms with Gasteiger partial charge in [-0.05, 0) is 74.3 Å². The van der Waals surface area contributed by atoms with Crippen LogP contribution in [0.25, 0.3) is 17.2 Å². The Morgan fingerprint density at radius 2 is 1.97 bits per heavy atom. The highest BCUT2D eigenvalue weighted by molar-refractivity contribution is 7.89. The van der Waals surface area contributed by atoms with Crippen molar-refractivity contribution < 1.29 is 31.1 Å². The van der Waals surface area contributed by atoms with Crippen molar-refractivity contribution in [1.82, 2.24) is 9.29 Å². The molecule has 0 amide bonds. The number of sulfonamides is 1. The Balaban J connectivity index is 1.38. The molecule has 2 aliphatic heterocycles. The van der Waals surface area contributed by atoms with E-state index in [1.807, 2.05) is 13.0 Å². The van der Waals surface area contributed by atoms with Gasteiger partial charge in [-0.15, -0.1) is 0 Å². The SMILES string of the molecule is CCS(=O)(=O)N1CCC2C(CC3C(=O)OC(C)C3C2/C=C/c2ccc(-c3cccc(C(F)(F)F)c3)cn2)C1. The smallest absolute Gasteiger partial charge is 0.416 e. The maximum Gasteiger partial charge on any atom is 0.416 e. The van der Waals surface area contributed by atoms with Crippen molar-refractivity contribution in [3.63, 3.8) is 0 Å². The van der Waals surface area contributed by atoms with Gasteiger partial charge in [0.2, 0.25) is 10.0 Å². The van der Waals surface area contributed by atoms with Crippen LogP contribution in [0.1, 0.15) is 37.9 Å². The summed E-state index contributed by atoms with van der Waals surface area (Å²) in [6.07, 6.45) is 2.22. The number of nitrogens with zero attached hydrogens (tertiary/aromatic N) is 2. The zero-order chi connectivity index (χ0) is 27.2. The topological polar surface area (TPSA) is 76.6 Å². The second-order valence-electron chi connectivity index (χ2n) is 10.5. The molecule has 204 valence electrons. The van der Waals surface area contributed by atoms with Gasteiger partial charge in [-0.3, -0.25) is 9.78 Å². The van der Waals surface area contributed by atoms with Crippen molar-refractivity contribution in [3.8, 4) is 11.1 Å². The van der Waals surface area contributed by atoms with Crippen LogP contribution in [0.3, 0.4) is 0 Å². The maximum atomic E-state index is 13.1. The van der Waals surface area contributed by atoms with Crippen LogP contribution in [0.4, 0.5) is 13.2 Å². The quantitative estimate of drug-likeness (QED) is 0.476. The highest BCUT2D eigenvalue weighted by Gasteiger charge is 2.55. The minimum atomic E-state index is -4.42. The number of pyridine rings is 1. The number of cyclic esters (lactones) is 1. The normalized spacial score (nSPS) is 30.2. The van der Waals surface area contributed by atoms with Gasteiger partial charge < -0.3 is 4.74 Å². The Morgan fingerprint density at radius 3 is 2.66 bits per heavy atom. The summed E-state index contributed by atoms with van der Waals surface area (Å²) >= 11 is 0. The molecule has 6 nitrogen and oxygen atoms in total. The third kappa shape index (κ3) is 5.12. The van der Waals surface area contributed by atoms with E-state index in [0.29, 0.717) is 42.8 Å². The molecule has 0 spiro atoms. The average Bonchev–Trinajstić information content (AvgIpc) is 3.18. The minimum absolute atomic E-state index is 0.0127. The summed E-state index contributed by atoms with van der Waals surface area (Å²) in [5.41, 5.74) is 0.966. The van der Waals surface area contributed by atoms with Crippen LogP contribution in [-0.2, 0) is 25.7 Å². The van der Waals surface area contributed by atoms with Crippen LogP contribution in [0.15, 0.2) is 48.7 Å². The van der Waals surface area contributed by atoms with Crippen LogP contribution in [0.2, 0.25) is 0 Å². The highest BCUT2D eigenvalue weighted by atomic mass is 32.2. The Bertz CT molecular complexity index is 1330. The van der Waals surface area contributed by atoms with Crippen LogP contribution in [-0.4, -0.2) is 48.6 Å². The summed E-state index contributed by atoms with van der Waals surface area (Å²) in [5.74, 6) is -0.0940. The summed E-state index contributed by atoms with van der Waals surface area (Å²) in [4.78, 5) is 17.1. The number of ether oxygens (including phenoxy) is 1. The second kappa shape index (κ2) is 10.1. The third-order valence-corrected chi connectivity index (χ3v) is 10.3. The van der Waals surface area contributed by atoms with Gasteiger partial charge in [0, 0.05) is 30.8 Å². The Morgan fingerprint density at radius 1 is 1.18 bits per heavy atom. The number of hydrogen-bond acceptors (Lipinski definition) is 5. The largest absolute Gasteiger partial charge is 0.462 e. The van der Waals surface area contributed by atoms with Crippen LogP contribution in [0.5, 0.6) is 0 Å². The fourth-order valence-corrected chi connectivity index (χ4v) is 7.69. The van der Waals surface area contributed by atoms with Gasteiger partial charge >= 0.3 is 12.1 Å². The molecule has 3 aliphatic rings. The van der Waals surface area contributed by atoms with E-state index in [4.69, 9.17) is 4.74 Å². The highest BCUT2D eigenvalue weighted by Crippen LogP contribution is 2.52. The molecule has 3 fully saturated rings. The number of carbonyl (C=O) groups is 1. The number of halogens is 3. The Labute approximate surface area is 220 Å².